The molecule has 0 radical (unpaired) electrons. The summed E-state index contributed by atoms with van der Waals surface area (Å²) in [6.07, 6.45) is 7.57. The fraction of sp³-hybridized carbons (Fsp3) is 0.414. The molecule has 3 fully saturated rings. The predicted molar refractivity (Wildman–Crippen MR) is 130 cm³/mol. The molecule has 0 aromatic heterocycles. The van der Waals surface area contributed by atoms with Crippen molar-refractivity contribution >= 4 is 23.3 Å². The van der Waals surface area contributed by atoms with Crippen LogP contribution in [0.25, 0.3) is 0 Å². The third kappa shape index (κ3) is 3.76. The smallest absolute Gasteiger partial charge is 0.238 e. The molecule has 0 N–H and O–H groups in total. The van der Waals surface area contributed by atoms with Crippen LogP contribution in [-0.2, 0) is 9.59 Å². The Morgan fingerprint density at radius 2 is 1.43 bits per heavy atom. The second kappa shape index (κ2) is 8.67. The van der Waals surface area contributed by atoms with Gasteiger partial charge in [-0.05, 0) is 85.0 Å². The SMILES string of the molecule is CCCCOc1ccc(C(=O)COc2ccc(N3C(=O)C4C(C3=O)[C@@H]3C=CC4[C@H]4CC34)cc2)cc1. The first-order chi connectivity index (χ1) is 17.1. The Morgan fingerprint density at radius 3 is 2.03 bits per heavy atom. The van der Waals surface area contributed by atoms with E-state index in [0.29, 0.717) is 35.4 Å². The summed E-state index contributed by atoms with van der Waals surface area (Å²) in [5.74, 6) is 2.15. The Labute approximate surface area is 204 Å². The lowest BCUT2D eigenvalue weighted by Crippen LogP contribution is -2.40. The number of benzene rings is 2. The highest BCUT2D eigenvalue weighted by atomic mass is 16.5. The van der Waals surface area contributed by atoms with E-state index in [0.717, 1.165) is 25.0 Å². The van der Waals surface area contributed by atoms with Crippen LogP contribution in [0.4, 0.5) is 5.69 Å². The van der Waals surface area contributed by atoms with E-state index in [4.69, 9.17) is 9.47 Å². The number of carbonyl (C=O) groups is 3. The van der Waals surface area contributed by atoms with E-state index in [-0.39, 0.29) is 47.9 Å². The Hall–Kier alpha value is -3.41. The molecular weight excluding hydrogens is 442 g/mol. The van der Waals surface area contributed by atoms with Crippen molar-refractivity contribution < 1.29 is 23.9 Å². The normalized spacial score (nSPS) is 29.7. The molecule has 2 saturated carbocycles. The van der Waals surface area contributed by atoms with Crippen LogP contribution in [-0.4, -0.2) is 30.8 Å². The van der Waals surface area contributed by atoms with E-state index in [2.05, 4.69) is 19.1 Å². The Kier molecular flexibility index (Phi) is 5.47. The van der Waals surface area contributed by atoms with Crippen LogP contribution in [0.2, 0.25) is 0 Å². The number of allylic oxidation sites excluding steroid dienone is 2. The number of amides is 2. The zero-order valence-corrected chi connectivity index (χ0v) is 19.8. The van der Waals surface area contributed by atoms with E-state index in [1.54, 1.807) is 48.5 Å². The maximum Gasteiger partial charge on any atom is 0.238 e. The third-order valence-electron chi connectivity index (χ3n) is 8.07. The number of nitrogens with zero attached hydrogens (tertiary/aromatic N) is 1. The van der Waals surface area contributed by atoms with Crippen LogP contribution in [0.5, 0.6) is 11.5 Å². The average molecular weight is 472 g/mol. The van der Waals surface area contributed by atoms with Crippen LogP contribution in [0.1, 0.15) is 36.5 Å². The van der Waals surface area contributed by atoms with Crippen LogP contribution >= 0.6 is 0 Å². The number of unbranched alkanes of at least 4 members (excludes halogenated alkanes) is 1. The second-order valence-electron chi connectivity index (χ2n) is 10.1. The molecule has 6 atom stereocenters. The summed E-state index contributed by atoms with van der Waals surface area (Å²) in [7, 11) is 0. The van der Waals surface area contributed by atoms with E-state index in [9.17, 15) is 14.4 Å². The van der Waals surface area contributed by atoms with Crippen LogP contribution in [0.3, 0.4) is 0 Å². The standard InChI is InChI=1S/C29H29NO5/c1-2-3-14-34-19-8-4-17(5-9-19)25(31)16-35-20-10-6-18(7-11-20)30-28(32)26-21-12-13-22(24-15-23(21)24)27(26)29(30)33/h4-13,21-24,26-27H,2-3,14-16H2,1H3/t21-,22?,23?,24-,26?,27?/m1/s1. The monoisotopic (exact) mass is 471 g/mol. The van der Waals surface area contributed by atoms with Crippen molar-refractivity contribution in [3.8, 4) is 11.5 Å². The zero-order valence-electron chi connectivity index (χ0n) is 19.8. The molecule has 7 rings (SSSR count). The molecule has 35 heavy (non-hydrogen) atoms. The van der Waals surface area contributed by atoms with Gasteiger partial charge in [-0.2, -0.15) is 0 Å². The Bertz CT molecular complexity index is 1150. The summed E-state index contributed by atoms with van der Waals surface area (Å²) in [5.41, 5.74) is 1.13. The van der Waals surface area contributed by atoms with E-state index in [1.165, 1.54) is 4.90 Å². The van der Waals surface area contributed by atoms with E-state index in [1.807, 2.05) is 0 Å². The fourth-order valence-corrected chi connectivity index (χ4v) is 6.21. The lowest BCUT2D eigenvalue weighted by atomic mass is 9.63. The summed E-state index contributed by atoms with van der Waals surface area (Å²) in [6, 6.07) is 13.9. The topological polar surface area (TPSA) is 72.9 Å². The van der Waals surface area contributed by atoms with E-state index >= 15 is 0 Å². The summed E-state index contributed by atoms with van der Waals surface area (Å²) >= 11 is 0. The lowest BCUT2D eigenvalue weighted by molar-refractivity contribution is -0.124. The molecule has 0 spiro atoms. The van der Waals surface area contributed by atoms with Crippen molar-refractivity contribution in [2.45, 2.75) is 26.2 Å². The lowest BCUT2D eigenvalue weighted by Gasteiger charge is -2.37. The fourth-order valence-electron chi connectivity index (χ4n) is 6.21. The van der Waals surface area contributed by atoms with Gasteiger partial charge in [-0.25, -0.2) is 0 Å². The number of Topliss-reactive ketones (excluding diaryl/α,β-unsaturated/α-hetero) is 1. The predicted octanol–water partition coefficient (Wildman–Crippen LogP) is 4.68. The molecule has 5 aliphatic rings. The van der Waals surface area contributed by atoms with Gasteiger partial charge in [0, 0.05) is 5.56 Å². The van der Waals surface area contributed by atoms with Crippen molar-refractivity contribution in [3.05, 3.63) is 66.2 Å². The second-order valence-corrected chi connectivity index (χ2v) is 10.1. The minimum atomic E-state index is -0.210. The molecule has 6 nitrogen and oxygen atoms in total. The number of rotatable bonds is 9. The number of anilines is 1. The van der Waals surface area contributed by atoms with Gasteiger partial charge in [-0.3, -0.25) is 19.3 Å². The summed E-state index contributed by atoms with van der Waals surface area (Å²) in [5, 5.41) is 0. The van der Waals surface area contributed by atoms with Gasteiger partial charge in [-0.1, -0.05) is 25.5 Å². The molecule has 1 heterocycles. The number of ether oxygens (including phenoxy) is 2. The van der Waals surface area contributed by atoms with Gasteiger partial charge < -0.3 is 9.47 Å². The van der Waals surface area contributed by atoms with Gasteiger partial charge in [0.15, 0.2) is 12.4 Å². The highest BCUT2D eigenvalue weighted by Crippen LogP contribution is 2.65. The first kappa shape index (κ1) is 22.1. The molecule has 2 aromatic rings. The summed E-state index contributed by atoms with van der Waals surface area (Å²) < 4.78 is 11.3. The summed E-state index contributed by atoms with van der Waals surface area (Å²) in [4.78, 5) is 40.4. The molecule has 1 aliphatic heterocycles. The van der Waals surface area contributed by atoms with Crippen LogP contribution < -0.4 is 14.4 Å². The van der Waals surface area contributed by atoms with Gasteiger partial charge in [-0.15, -0.1) is 0 Å². The molecule has 2 amide bonds. The van der Waals surface area contributed by atoms with Gasteiger partial charge in [0.1, 0.15) is 11.5 Å². The molecule has 2 aromatic carbocycles. The Balaban J connectivity index is 1.07. The van der Waals surface area contributed by atoms with Gasteiger partial charge in [0.05, 0.1) is 24.1 Å². The number of hydrogen-bond acceptors (Lipinski definition) is 5. The maximum atomic E-state index is 13.2. The van der Waals surface area contributed by atoms with Crippen LogP contribution in [0, 0.1) is 35.5 Å². The van der Waals surface area contributed by atoms with Crippen molar-refractivity contribution in [1.82, 2.24) is 0 Å². The number of imide groups is 1. The van der Waals surface area contributed by atoms with Gasteiger partial charge in [0.25, 0.3) is 0 Å². The molecule has 1 saturated heterocycles. The molecular formula is C29H29NO5. The third-order valence-corrected chi connectivity index (χ3v) is 8.07. The molecule has 180 valence electrons. The molecule has 4 unspecified atom stereocenters. The largest absolute Gasteiger partial charge is 0.494 e. The quantitative estimate of drug-likeness (QED) is 0.230. The van der Waals surface area contributed by atoms with Crippen molar-refractivity contribution in [3.63, 3.8) is 0 Å². The highest BCUT2D eigenvalue weighted by molar-refractivity contribution is 6.22. The van der Waals surface area contributed by atoms with Gasteiger partial charge >= 0.3 is 0 Å². The summed E-state index contributed by atoms with van der Waals surface area (Å²) in [6.45, 7) is 2.68. The first-order valence-electron chi connectivity index (χ1n) is 12.6. The molecule has 4 aliphatic carbocycles. The zero-order chi connectivity index (χ0) is 24.1. The minimum Gasteiger partial charge on any atom is -0.494 e. The number of hydrogen-bond donors (Lipinski definition) is 0. The molecule has 6 heteroatoms. The van der Waals surface area contributed by atoms with Gasteiger partial charge in [0.2, 0.25) is 11.8 Å². The van der Waals surface area contributed by atoms with Crippen molar-refractivity contribution in [2.24, 2.45) is 35.5 Å². The number of ketones is 1. The Morgan fingerprint density at radius 1 is 0.857 bits per heavy atom. The van der Waals surface area contributed by atoms with Crippen molar-refractivity contribution in [1.29, 1.82) is 0 Å². The maximum absolute atomic E-state index is 13.2. The number of carbonyl (C=O) groups excluding carboxylic acids is 3. The van der Waals surface area contributed by atoms with E-state index < -0.39 is 0 Å². The van der Waals surface area contributed by atoms with Crippen molar-refractivity contribution in [2.75, 3.05) is 18.1 Å². The first-order valence-corrected chi connectivity index (χ1v) is 12.6. The molecule has 2 bridgehead atoms. The average Bonchev–Trinajstić information content (AvgIpc) is 3.67. The minimum absolute atomic E-state index is 0.0735. The highest BCUT2D eigenvalue weighted by Gasteiger charge is 2.67. The van der Waals surface area contributed by atoms with Crippen LogP contribution in [0.15, 0.2) is 60.7 Å².